The van der Waals surface area contributed by atoms with Crippen molar-refractivity contribution in [2.24, 2.45) is 5.92 Å². The lowest BCUT2D eigenvalue weighted by Gasteiger charge is -2.28. The maximum absolute atomic E-state index is 12.0. The number of ether oxygens (including phenoxy) is 1. The molecule has 2 heterocycles. The molecule has 0 N–H and O–H groups in total. The molecular formula is C13H23NO2. The third-order valence-corrected chi connectivity index (χ3v) is 3.50. The first kappa shape index (κ1) is 11.9. The number of hydrogen-bond acceptors (Lipinski definition) is 3. The van der Waals surface area contributed by atoms with Crippen molar-refractivity contribution in [3.05, 3.63) is 0 Å². The zero-order chi connectivity index (χ0) is 11.8. The number of fused-ring (bicyclic) bond motifs is 1. The fraction of sp³-hybridized carbons (Fsp3) is 0.923. The van der Waals surface area contributed by atoms with Gasteiger partial charge in [-0.15, -0.1) is 0 Å². The van der Waals surface area contributed by atoms with E-state index in [0.717, 1.165) is 13.0 Å². The van der Waals surface area contributed by atoms with Crippen LogP contribution in [-0.4, -0.2) is 35.6 Å². The molecule has 2 saturated heterocycles. The van der Waals surface area contributed by atoms with Crippen LogP contribution in [-0.2, 0) is 9.53 Å². The molecular weight excluding hydrogens is 202 g/mol. The van der Waals surface area contributed by atoms with Crippen LogP contribution in [0.15, 0.2) is 0 Å². The average Bonchev–Trinajstić information content (AvgIpc) is 2.58. The Morgan fingerprint density at radius 2 is 2.06 bits per heavy atom. The van der Waals surface area contributed by atoms with E-state index in [1.54, 1.807) is 0 Å². The quantitative estimate of drug-likeness (QED) is 0.641. The summed E-state index contributed by atoms with van der Waals surface area (Å²) >= 11 is 0. The molecule has 2 fully saturated rings. The number of esters is 1. The van der Waals surface area contributed by atoms with Gasteiger partial charge >= 0.3 is 5.97 Å². The molecule has 0 aromatic carbocycles. The lowest BCUT2D eigenvalue weighted by Crippen LogP contribution is -2.34. The Kier molecular flexibility index (Phi) is 3.24. The van der Waals surface area contributed by atoms with E-state index in [0.29, 0.717) is 6.04 Å². The topological polar surface area (TPSA) is 29.5 Å². The second kappa shape index (κ2) is 4.36. The van der Waals surface area contributed by atoms with Crippen molar-refractivity contribution in [2.45, 2.75) is 58.1 Å². The molecule has 0 radical (unpaired) electrons. The van der Waals surface area contributed by atoms with Gasteiger partial charge in [-0.3, -0.25) is 9.69 Å². The van der Waals surface area contributed by atoms with Gasteiger partial charge in [0, 0.05) is 12.6 Å². The molecule has 3 heteroatoms. The number of piperidine rings is 1. The van der Waals surface area contributed by atoms with E-state index in [-0.39, 0.29) is 17.5 Å². The van der Waals surface area contributed by atoms with Gasteiger partial charge in [-0.05, 0) is 46.6 Å². The number of hydrogen-bond donors (Lipinski definition) is 0. The van der Waals surface area contributed by atoms with Crippen LogP contribution in [0, 0.1) is 5.92 Å². The Labute approximate surface area is 98.1 Å². The first-order valence-corrected chi connectivity index (χ1v) is 6.42. The smallest absolute Gasteiger partial charge is 0.310 e. The van der Waals surface area contributed by atoms with E-state index < -0.39 is 0 Å². The van der Waals surface area contributed by atoms with E-state index >= 15 is 0 Å². The van der Waals surface area contributed by atoms with Gasteiger partial charge in [-0.2, -0.15) is 0 Å². The molecule has 92 valence electrons. The van der Waals surface area contributed by atoms with Crippen molar-refractivity contribution >= 4 is 5.97 Å². The molecule has 0 amide bonds. The lowest BCUT2D eigenvalue weighted by atomic mass is 9.99. The highest BCUT2D eigenvalue weighted by Gasteiger charge is 2.38. The first-order valence-electron chi connectivity index (χ1n) is 6.42. The van der Waals surface area contributed by atoms with Crippen LogP contribution < -0.4 is 0 Å². The maximum Gasteiger partial charge on any atom is 0.310 e. The Morgan fingerprint density at radius 1 is 1.31 bits per heavy atom. The van der Waals surface area contributed by atoms with E-state index in [2.05, 4.69) is 4.90 Å². The van der Waals surface area contributed by atoms with Gasteiger partial charge in [0.05, 0.1) is 5.92 Å². The van der Waals surface area contributed by atoms with Crippen LogP contribution >= 0.6 is 0 Å². The zero-order valence-electron chi connectivity index (χ0n) is 10.7. The van der Waals surface area contributed by atoms with E-state index in [9.17, 15) is 4.79 Å². The number of carbonyl (C=O) groups excluding carboxylic acids is 1. The van der Waals surface area contributed by atoms with Gasteiger partial charge < -0.3 is 4.74 Å². The van der Waals surface area contributed by atoms with E-state index in [1.165, 1.54) is 25.8 Å². The average molecular weight is 225 g/mol. The number of rotatable bonds is 1. The second-order valence-electron chi connectivity index (χ2n) is 6.11. The summed E-state index contributed by atoms with van der Waals surface area (Å²) in [4.78, 5) is 14.4. The summed E-state index contributed by atoms with van der Waals surface area (Å²) in [6.07, 6.45) is 4.88. The van der Waals surface area contributed by atoms with Crippen LogP contribution in [0.5, 0.6) is 0 Å². The molecule has 2 aliphatic heterocycles. The van der Waals surface area contributed by atoms with E-state index in [4.69, 9.17) is 4.74 Å². The van der Waals surface area contributed by atoms with Crippen molar-refractivity contribution in [3.63, 3.8) is 0 Å². The lowest BCUT2D eigenvalue weighted by molar-refractivity contribution is -0.159. The summed E-state index contributed by atoms with van der Waals surface area (Å²) in [7, 11) is 0. The van der Waals surface area contributed by atoms with Crippen molar-refractivity contribution in [1.29, 1.82) is 0 Å². The fourth-order valence-electron chi connectivity index (χ4n) is 2.81. The second-order valence-corrected chi connectivity index (χ2v) is 6.11. The molecule has 2 rings (SSSR count). The molecule has 0 aromatic rings. The van der Waals surface area contributed by atoms with Gasteiger partial charge in [-0.1, -0.05) is 6.42 Å². The molecule has 0 saturated carbocycles. The van der Waals surface area contributed by atoms with Crippen LogP contribution in [0.25, 0.3) is 0 Å². The van der Waals surface area contributed by atoms with Crippen molar-refractivity contribution in [3.8, 4) is 0 Å². The molecule has 0 bridgehead atoms. The highest BCUT2D eigenvalue weighted by atomic mass is 16.6. The summed E-state index contributed by atoms with van der Waals surface area (Å²) < 4.78 is 5.46. The Morgan fingerprint density at radius 3 is 2.69 bits per heavy atom. The minimum atomic E-state index is -0.347. The molecule has 0 spiro atoms. The van der Waals surface area contributed by atoms with Gasteiger partial charge in [0.15, 0.2) is 0 Å². The molecule has 16 heavy (non-hydrogen) atoms. The summed E-state index contributed by atoms with van der Waals surface area (Å²) in [6, 6.07) is 0.645. The number of carbonyl (C=O) groups is 1. The molecule has 2 atom stereocenters. The van der Waals surface area contributed by atoms with Crippen LogP contribution in [0.3, 0.4) is 0 Å². The van der Waals surface area contributed by atoms with Gasteiger partial charge in [-0.25, -0.2) is 0 Å². The molecule has 1 unspecified atom stereocenters. The summed E-state index contributed by atoms with van der Waals surface area (Å²) in [5, 5.41) is 0. The van der Waals surface area contributed by atoms with Crippen molar-refractivity contribution in [1.82, 2.24) is 4.90 Å². The Hall–Kier alpha value is -0.570. The third-order valence-electron chi connectivity index (χ3n) is 3.50. The van der Waals surface area contributed by atoms with Gasteiger partial charge in [0.25, 0.3) is 0 Å². The minimum absolute atomic E-state index is 0.00176. The van der Waals surface area contributed by atoms with Gasteiger partial charge in [0.2, 0.25) is 0 Å². The van der Waals surface area contributed by atoms with E-state index in [1.807, 2.05) is 20.8 Å². The van der Waals surface area contributed by atoms with Crippen LogP contribution in [0.1, 0.15) is 46.5 Å². The third kappa shape index (κ3) is 2.76. The Balaban J connectivity index is 1.90. The molecule has 0 aliphatic carbocycles. The normalized spacial score (nSPS) is 31.2. The molecule has 3 nitrogen and oxygen atoms in total. The monoisotopic (exact) mass is 225 g/mol. The Bertz CT molecular complexity index is 256. The molecule has 2 aliphatic rings. The fourth-order valence-corrected chi connectivity index (χ4v) is 2.81. The highest BCUT2D eigenvalue weighted by Crippen LogP contribution is 2.31. The van der Waals surface area contributed by atoms with Crippen molar-refractivity contribution < 1.29 is 9.53 Å². The van der Waals surface area contributed by atoms with Crippen LogP contribution in [0.2, 0.25) is 0 Å². The molecule has 0 aromatic heterocycles. The zero-order valence-corrected chi connectivity index (χ0v) is 10.7. The first-order chi connectivity index (χ1) is 7.46. The standard InChI is InChI=1S/C13H23NO2/c1-13(2,3)16-12(15)10-8-11-6-4-5-7-14(11)9-10/h10-11H,4-9H2,1-3H3/t10?,11-/m1/s1. The predicted molar refractivity (Wildman–Crippen MR) is 63.2 cm³/mol. The number of nitrogens with zero attached hydrogens (tertiary/aromatic N) is 1. The largest absolute Gasteiger partial charge is 0.460 e. The van der Waals surface area contributed by atoms with Crippen molar-refractivity contribution in [2.75, 3.05) is 13.1 Å². The van der Waals surface area contributed by atoms with Gasteiger partial charge in [0.1, 0.15) is 5.60 Å². The highest BCUT2D eigenvalue weighted by molar-refractivity contribution is 5.73. The summed E-state index contributed by atoms with van der Waals surface area (Å²) in [6.45, 7) is 7.90. The minimum Gasteiger partial charge on any atom is -0.460 e. The SMILES string of the molecule is CC(C)(C)OC(=O)C1C[C@H]2CCCCN2C1. The predicted octanol–water partition coefficient (Wildman–Crippen LogP) is 2.20. The summed E-state index contributed by atoms with van der Waals surface area (Å²) in [5.74, 6) is 0.115. The summed E-state index contributed by atoms with van der Waals surface area (Å²) in [5.41, 5.74) is -0.347. The van der Waals surface area contributed by atoms with Crippen LogP contribution in [0.4, 0.5) is 0 Å². The maximum atomic E-state index is 12.0.